The van der Waals surface area contributed by atoms with Gasteiger partial charge in [-0.2, -0.15) is 0 Å². The number of carbonyl (C=O) groups is 2. The SMILES string of the molecule is Cc1c(C(=O)NCCC(C)(C)C(=O)O)ccn1CC1CCCCC1. The van der Waals surface area contributed by atoms with Gasteiger partial charge in [-0.25, -0.2) is 0 Å². The van der Waals surface area contributed by atoms with Crippen LogP contribution in [-0.4, -0.2) is 28.1 Å². The third-order valence-electron chi connectivity index (χ3n) is 5.28. The van der Waals surface area contributed by atoms with Crippen molar-refractivity contribution in [3.8, 4) is 0 Å². The summed E-state index contributed by atoms with van der Waals surface area (Å²) in [7, 11) is 0. The fraction of sp³-hybridized carbons (Fsp3) is 0.684. The summed E-state index contributed by atoms with van der Waals surface area (Å²) in [6.45, 7) is 6.69. The lowest BCUT2D eigenvalue weighted by Crippen LogP contribution is -2.32. The second kappa shape index (κ2) is 7.86. The van der Waals surface area contributed by atoms with Gasteiger partial charge < -0.3 is 15.0 Å². The van der Waals surface area contributed by atoms with Crippen molar-refractivity contribution in [1.82, 2.24) is 9.88 Å². The minimum atomic E-state index is -0.841. The average molecular weight is 334 g/mol. The van der Waals surface area contributed by atoms with Gasteiger partial charge in [-0.15, -0.1) is 0 Å². The molecule has 1 heterocycles. The molecule has 1 aromatic rings. The van der Waals surface area contributed by atoms with Crippen molar-refractivity contribution in [3.05, 3.63) is 23.5 Å². The molecule has 0 saturated heterocycles. The molecule has 1 saturated carbocycles. The first kappa shape index (κ1) is 18.6. The van der Waals surface area contributed by atoms with Crippen molar-refractivity contribution >= 4 is 11.9 Å². The van der Waals surface area contributed by atoms with E-state index in [1.165, 1.54) is 32.1 Å². The minimum absolute atomic E-state index is 0.115. The van der Waals surface area contributed by atoms with E-state index in [1.807, 2.05) is 19.2 Å². The second-order valence-electron chi connectivity index (χ2n) is 7.67. The molecule has 5 heteroatoms. The molecule has 1 aliphatic carbocycles. The molecule has 0 aliphatic heterocycles. The highest BCUT2D eigenvalue weighted by Crippen LogP contribution is 2.26. The van der Waals surface area contributed by atoms with Crippen LogP contribution in [0.1, 0.15) is 68.4 Å². The Bertz CT molecular complexity index is 583. The van der Waals surface area contributed by atoms with E-state index in [0.717, 1.165) is 18.2 Å². The standard InChI is InChI=1S/C19H30N2O3/c1-14-16(17(22)20-11-10-19(2,3)18(23)24)9-12-21(14)13-15-7-5-4-6-8-15/h9,12,15H,4-8,10-11,13H2,1-3H3,(H,20,22)(H,23,24). The van der Waals surface area contributed by atoms with E-state index >= 15 is 0 Å². The van der Waals surface area contributed by atoms with Gasteiger partial charge in [0.2, 0.25) is 0 Å². The highest BCUT2D eigenvalue weighted by atomic mass is 16.4. The number of nitrogens with zero attached hydrogens (tertiary/aromatic N) is 1. The van der Waals surface area contributed by atoms with Crippen LogP contribution >= 0.6 is 0 Å². The van der Waals surface area contributed by atoms with Crippen molar-refractivity contribution in [2.24, 2.45) is 11.3 Å². The summed E-state index contributed by atoms with van der Waals surface area (Å²) in [4.78, 5) is 23.5. The first-order valence-electron chi connectivity index (χ1n) is 8.98. The molecule has 1 aliphatic rings. The van der Waals surface area contributed by atoms with Crippen LogP contribution in [0.15, 0.2) is 12.3 Å². The Labute approximate surface area is 144 Å². The number of nitrogens with one attached hydrogen (secondary N) is 1. The van der Waals surface area contributed by atoms with Crippen LogP contribution in [-0.2, 0) is 11.3 Å². The molecule has 2 N–H and O–H groups in total. The number of carboxylic acids is 1. The molecule has 2 rings (SSSR count). The highest BCUT2D eigenvalue weighted by Gasteiger charge is 2.27. The van der Waals surface area contributed by atoms with Crippen LogP contribution in [0, 0.1) is 18.3 Å². The number of hydrogen-bond acceptors (Lipinski definition) is 2. The molecular weight excluding hydrogens is 304 g/mol. The van der Waals surface area contributed by atoms with Gasteiger partial charge in [0.05, 0.1) is 11.0 Å². The Hall–Kier alpha value is -1.78. The lowest BCUT2D eigenvalue weighted by molar-refractivity contribution is -0.147. The van der Waals surface area contributed by atoms with Gasteiger partial charge >= 0.3 is 5.97 Å². The smallest absolute Gasteiger partial charge is 0.309 e. The molecule has 1 fully saturated rings. The third-order valence-corrected chi connectivity index (χ3v) is 5.28. The van der Waals surface area contributed by atoms with Crippen LogP contribution in [0.3, 0.4) is 0 Å². The predicted octanol–water partition coefficient (Wildman–Crippen LogP) is 3.61. The number of carboxylic acid groups (broad SMARTS) is 1. The first-order valence-corrected chi connectivity index (χ1v) is 8.98. The third kappa shape index (κ3) is 4.62. The van der Waals surface area contributed by atoms with E-state index in [0.29, 0.717) is 18.5 Å². The molecule has 24 heavy (non-hydrogen) atoms. The van der Waals surface area contributed by atoms with Crippen LogP contribution < -0.4 is 5.32 Å². The number of carbonyl (C=O) groups excluding carboxylic acids is 1. The minimum Gasteiger partial charge on any atom is -0.481 e. The first-order chi connectivity index (χ1) is 11.3. The van der Waals surface area contributed by atoms with Gasteiger partial charge in [0.1, 0.15) is 0 Å². The fourth-order valence-corrected chi connectivity index (χ4v) is 3.33. The number of aliphatic carboxylic acids is 1. The van der Waals surface area contributed by atoms with Gasteiger partial charge in [-0.1, -0.05) is 19.3 Å². The summed E-state index contributed by atoms with van der Waals surface area (Å²) in [5, 5.41) is 12.0. The molecule has 1 amide bonds. The lowest BCUT2D eigenvalue weighted by Gasteiger charge is -2.23. The second-order valence-corrected chi connectivity index (χ2v) is 7.67. The van der Waals surface area contributed by atoms with Crippen LogP contribution in [0.4, 0.5) is 0 Å². The Balaban J connectivity index is 1.89. The van der Waals surface area contributed by atoms with Crippen LogP contribution in [0.2, 0.25) is 0 Å². The maximum absolute atomic E-state index is 12.4. The van der Waals surface area contributed by atoms with Gasteiger partial charge in [0.25, 0.3) is 5.91 Å². The van der Waals surface area contributed by atoms with Crippen molar-refractivity contribution < 1.29 is 14.7 Å². The van der Waals surface area contributed by atoms with Crippen molar-refractivity contribution in [2.45, 2.75) is 65.8 Å². The number of hydrogen-bond donors (Lipinski definition) is 2. The van der Waals surface area contributed by atoms with E-state index in [2.05, 4.69) is 9.88 Å². The van der Waals surface area contributed by atoms with Crippen molar-refractivity contribution in [1.29, 1.82) is 0 Å². The molecular formula is C19H30N2O3. The highest BCUT2D eigenvalue weighted by molar-refractivity contribution is 5.95. The molecule has 0 atom stereocenters. The van der Waals surface area contributed by atoms with E-state index < -0.39 is 11.4 Å². The summed E-state index contributed by atoms with van der Waals surface area (Å²) < 4.78 is 2.19. The Morgan fingerprint density at radius 1 is 1.29 bits per heavy atom. The van der Waals surface area contributed by atoms with Gasteiger partial charge in [0, 0.05) is 25.0 Å². The van der Waals surface area contributed by atoms with E-state index in [-0.39, 0.29) is 5.91 Å². The summed E-state index contributed by atoms with van der Waals surface area (Å²) in [5.41, 5.74) is 0.865. The van der Waals surface area contributed by atoms with Crippen molar-refractivity contribution in [2.75, 3.05) is 6.54 Å². The maximum Gasteiger partial charge on any atom is 0.309 e. The Morgan fingerprint density at radius 2 is 1.96 bits per heavy atom. The Kier molecular flexibility index (Phi) is 6.08. The number of rotatable bonds is 7. The molecule has 0 unspecified atom stereocenters. The number of amides is 1. The molecule has 0 radical (unpaired) electrons. The molecule has 134 valence electrons. The summed E-state index contributed by atoms with van der Waals surface area (Å²) in [5.74, 6) is -0.236. The maximum atomic E-state index is 12.4. The summed E-state index contributed by atoms with van der Waals surface area (Å²) in [6, 6.07) is 1.87. The van der Waals surface area contributed by atoms with E-state index in [9.17, 15) is 9.59 Å². The molecule has 0 aromatic carbocycles. The van der Waals surface area contributed by atoms with Crippen molar-refractivity contribution in [3.63, 3.8) is 0 Å². The number of aromatic nitrogens is 1. The van der Waals surface area contributed by atoms with Crippen LogP contribution in [0.5, 0.6) is 0 Å². The molecule has 0 spiro atoms. The normalized spacial score (nSPS) is 16.1. The molecule has 0 bridgehead atoms. The topological polar surface area (TPSA) is 71.3 Å². The summed E-state index contributed by atoms with van der Waals surface area (Å²) in [6.07, 6.45) is 8.96. The van der Waals surface area contributed by atoms with Gasteiger partial charge in [0.15, 0.2) is 0 Å². The predicted molar refractivity (Wildman–Crippen MR) is 94.1 cm³/mol. The zero-order valence-corrected chi connectivity index (χ0v) is 15.1. The fourth-order valence-electron chi connectivity index (χ4n) is 3.33. The van der Waals surface area contributed by atoms with E-state index in [4.69, 9.17) is 5.11 Å². The molecule has 1 aromatic heterocycles. The zero-order chi connectivity index (χ0) is 17.7. The Morgan fingerprint density at radius 3 is 2.58 bits per heavy atom. The van der Waals surface area contributed by atoms with E-state index in [1.54, 1.807) is 13.8 Å². The van der Waals surface area contributed by atoms with Gasteiger partial charge in [-0.05, 0) is 52.0 Å². The summed E-state index contributed by atoms with van der Waals surface area (Å²) >= 11 is 0. The molecule has 5 nitrogen and oxygen atoms in total. The average Bonchev–Trinajstić information content (AvgIpc) is 2.89. The zero-order valence-electron chi connectivity index (χ0n) is 15.1. The largest absolute Gasteiger partial charge is 0.481 e. The lowest BCUT2D eigenvalue weighted by atomic mass is 9.89. The van der Waals surface area contributed by atoms with Crippen LogP contribution in [0.25, 0.3) is 0 Å². The quantitative estimate of drug-likeness (QED) is 0.800. The van der Waals surface area contributed by atoms with Gasteiger partial charge in [-0.3, -0.25) is 9.59 Å². The monoisotopic (exact) mass is 334 g/mol.